The molecule has 0 fully saturated rings. The predicted molar refractivity (Wildman–Crippen MR) is 101 cm³/mol. The van der Waals surface area contributed by atoms with Gasteiger partial charge < -0.3 is 10.6 Å². The van der Waals surface area contributed by atoms with E-state index in [1.807, 2.05) is 24.3 Å². The maximum atomic E-state index is 12.3. The van der Waals surface area contributed by atoms with Crippen LogP contribution in [0.5, 0.6) is 0 Å². The number of nitrogens with one attached hydrogen (secondary N) is 2. The van der Waals surface area contributed by atoms with Crippen molar-refractivity contribution in [1.29, 1.82) is 0 Å². The number of aliphatic imine (C=N–C) groups is 1. The molecule has 0 atom stereocenters. The number of fused-ring (bicyclic) bond motifs is 1. The Bertz CT molecular complexity index is 831. The van der Waals surface area contributed by atoms with Crippen molar-refractivity contribution in [2.45, 2.75) is 6.54 Å². The number of hydrogen-bond acceptors (Lipinski definition) is 3. The van der Waals surface area contributed by atoms with Crippen LogP contribution in [0.25, 0.3) is 0 Å². The second-order valence-electron chi connectivity index (χ2n) is 5.75. The summed E-state index contributed by atoms with van der Waals surface area (Å²) in [6, 6.07) is 14.4. The number of benzene rings is 2. The van der Waals surface area contributed by atoms with Crippen LogP contribution in [-0.4, -0.2) is 42.8 Å². The van der Waals surface area contributed by atoms with E-state index in [2.05, 4.69) is 15.6 Å². The first-order valence-corrected chi connectivity index (χ1v) is 8.62. The Hall–Kier alpha value is -2.86. The van der Waals surface area contributed by atoms with Crippen molar-refractivity contribution in [1.82, 2.24) is 15.5 Å². The van der Waals surface area contributed by atoms with Crippen LogP contribution in [0.2, 0.25) is 5.02 Å². The van der Waals surface area contributed by atoms with E-state index < -0.39 is 0 Å². The molecule has 0 unspecified atom stereocenters. The summed E-state index contributed by atoms with van der Waals surface area (Å²) in [5, 5.41) is 6.94. The smallest absolute Gasteiger partial charge is 0.261 e. The summed E-state index contributed by atoms with van der Waals surface area (Å²) < 4.78 is 0. The largest absolute Gasteiger partial charge is 0.355 e. The van der Waals surface area contributed by atoms with Crippen molar-refractivity contribution >= 4 is 29.4 Å². The molecular weight excluding hydrogens is 352 g/mol. The number of imide groups is 1. The fourth-order valence-corrected chi connectivity index (χ4v) is 2.97. The highest BCUT2D eigenvalue weighted by Gasteiger charge is 2.34. The maximum Gasteiger partial charge on any atom is 0.261 e. The molecule has 2 N–H and O–H groups in total. The molecule has 0 aliphatic carbocycles. The molecule has 0 aromatic heterocycles. The van der Waals surface area contributed by atoms with Gasteiger partial charge in [-0.2, -0.15) is 0 Å². The Kier molecular flexibility index (Phi) is 5.53. The Morgan fingerprint density at radius 2 is 1.62 bits per heavy atom. The van der Waals surface area contributed by atoms with Gasteiger partial charge in [-0.25, -0.2) is 0 Å². The van der Waals surface area contributed by atoms with Gasteiger partial charge in [0.05, 0.1) is 11.1 Å². The molecule has 2 amide bonds. The van der Waals surface area contributed by atoms with Crippen molar-refractivity contribution in [3.63, 3.8) is 0 Å². The molecule has 6 nitrogen and oxygen atoms in total. The van der Waals surface area contributed by atoms with E-state index in [1.165, 1.54) is 4.90 Å². The second-order valence-corrected chi connectivity index (χ2v) is 6.16. The molecule has 1 aliphatic heterocycles. The van der Waals surface area contributed by atoms with E-state index in [-0.39, 0.29) is 18.4 Å². The van der Waals surface area contributed by atoms with E-state index in [4.69, 9.17) is 11.6 Å². The number of carbonyl (C=O) groups excluding carboxylic acids is 2. The van der Waals surface area contributed by atoms with Crippen LogP contribution in [0.15, 0.2) is 53.5 Å². The lowest BCUT2D eigenvalue weighted by Gasteiger charge is -2.16. The number of carbonyl (C=O) groups is 2. The lowest BCUT2D eigenvalue weighted by atomic mass is 10.1. The fraction of sp³-hybridized carbons (Fsp3) is 0.211. The van der Waals surface area contributed by atoms with Crippen LogP contribution >= 0.6 is 11.6 Å². The topological polar surface area (TPSA) is 73.8 Å². The minimum Gasteiger partial charge on any atom is -0.355 e. The van der Waals surface area contributed by atoms with Gasteiger partial charge in [0.15, 0.2) is 5.96 Å². The zero-order valence-corrected chi connectivity index (χ0v) is 15.1. The summed E-state index contributed by atoms with van der Waals surface area (Å²) >= 11 is 6.14. The molecule has 0 saturated heterocycles. The van der Waals surface area contributed by atoms with Gasteiger partial charge in [-0.15, -0.1) is 0 Å². The van der Waals surface area contributed by atoms with Crippen LogP contribution in [0.4, 0.5) is 0 Å². The summed E-state index contributed by atoms with van der Waals surface area (Å²) in [4.78, 5) is 30.0. The van der Waals surface area contributed by atoms with Crippen molar-refractivity contribution < 1.29 is 9.59 Å². The fourth-order valence-electron chi connectivity index (χ4n) is 2.77. The second kappa shape index (κ2) is 8.01. The molecule has 0 radical (unpaired) electrons. The zero-order chi connectivity index (χ0) is 18.5. The molecule has 0 saturated carbocycles. The van der Waals surface area contributed by atoms with Gasteiger partial charge in [0.25, 0.3) is 11.8 Å². The number of halogens is 1. The van der Waals surface area contributed by atoms with Crippen LogP contribution in [0, 0.1) is 0 Å². The quantitative estimate of drug-likeness (QED) is 0.481. The average Bonchev–Trinajstić information content (AvgIpc) is 2.90. The highest BCUT2D eigenvalue weighted by Crippen LogP contribution is 2.21. The summed E-state index contributed by atoms with van der Waals surface area (Å²) in [5.41, 5.74) is 1.87. The lowest BCUT2D eigenvalue weighted by Crippen LogP contribution is -2.42. The first kappa shape index (κ1) is 17.9. The van der Waals surface area contributed by atoms with Crippen molar-refractivity contribution in [3.05, 3.63) is 70.2 Å². The summed E-state index contributed by atoms with van der Waals surface area (Å²) in [6.45, 7) is 1.18. The maximum absolute atomic E-state index is 12.3. The number of rotatable bonds is 5. The first-order chi connectivity index (χ1) is 12.6. The number of guanidine groups is 1. The number of amides is 2. The molecule has 1 aliphatic rings. The van der Waals surface area contributed by atoms with Crippen molar-refractivity contribution in [3.8, 4) is 0 Å². The normalized spacial score (nSPS) is 13.8. The molecule has 3 rings (SSSR count). The third-order valence-corrected chi connectivity index (χ3v) is 4.50. The van der Waals surface area contributed by atoms with Gasteiger partial charge in [0.2, 0.25) is 0 Å². The standard InChI is InChI=1S/C19H19ClN4O2/c1-21-19(23-12-13-6-2-5-9-16(13)20)22-10-11-24-17(25)14-7-3-4-8-15(14)18(24)26/h2-9H,10-12H2,1H3,(H2,21,22,23). The van der Waals surface area contributed by atoms with E-state index in [1.54, 1.807) is 31.3 Å². The Morgan fingerprint density at radius 3 is 2.23 bits per heavy atom. The molecule has 134 valence electrons. The molecule has 7 heteroatoms. The Morgan fingerprint density at radius 1 is 1.00 bits per heavy atom. The SMILES string of the molecule is CN=C(NCCN1C(=O)c2ccccc2C1=O)NCc1ccccc1Cl. The van der Waals surface area contributed by atoms with Crippen LogP contribution in [0.3, 0.4) is 0 Å². The van der Waals surface area contributed by atoms with Gasteiger partial charge in [-0.1, -0.05) is 41.9 Å². The highest BCUT2D eigenvalue weighted by molar-refractivity contribution is 6.31. The minimum absolute atomic E-state index is 0.258. The molecule has 2 aromatic rings. The van der Waals surface area contributed by atoms with E-state index in [9.17, 15) is 9.59 Å². The first-order valence-electron chi connectivity index (χ1n) is 8.25. The molecular formula is C19H19ClN4O2. The van der Waals surface area contributed by atoms with Gasteiger partial charge in [0.1, 0.15) is 0 Å². The van der Waals surface area contributed by atoms with Crippen LogP contribution in [0.1, 0.15) is 26.3 Å². The monoisotopic (exact) mass is 370 g/mol. The number of nitrogens with zero attached hydrogens (tertiary/aromatic N) is 2. The lowest BCUT2D eigenvalue weighted by molar-refractivity contribution is 0.0657. The van der Waals surface area contributed by atoms with E-state index in [0.717, 1.165) is 5.56 Å². The highest BCUT2D eigenvalue weighted by atomic mass is 35.5. The van der Waals surface area contributed by atoms with Crippen molar-refractivity contribution in [2.75, 3.05) is 20.1 Å². The third kappa shape index (κ3) is 3.70. The van der Waals surface area contributed by atoms with Crippen LogP contribution < -0.4 is 10.6 Å². The van der Waals surface area contributed by atoms with Crippen LogP contribution in [-0.2, 0) is 6.54 Å². The number of hydrogen-bond donors (Lipinski definition) is 2. The van der Waals surface area contributed by atoms with E-state index >= 15 is 0 Å². The Labute approximate surface area is 156 Å². The molecule has 2 aromatic carbocycles. The van der Waals surface area contributed by atoms with Gasteiger partial charge in [-0.05, 0) is 23.8 Å². The van der Waals surface area contributed by atoms with Gasteiger partial charge in [0, 0.05) is 31.7 Å². The average molecular weight is 371 g/mol. The van der Waals surface area contributed by atoms with Crippen molar-refractivity contribution in [2.24, 2.45) is 4.99 Å². The predicted octanol–water partition coefficient (Wildman–Crippen LogP) is 2.30. The molecule has 1 heterocycles. The van der Waals surface area contributed by atoms with Gasteiger partial charge in [-0.3, -0.25) is 19.5 Å². The molecule has 0 spiro atoms. The van der Waals surface area contributed by atoms with E-state index in [0.29, 0.717) is 35.2 Å². The third-order valence-electron chi connectivity index (χ3n) is 4.13. The summed E-state index contributed by atoms with van der Waals surface area (Å²) in [6.07, 6.45) is 0. The minimum atomic E-state index is -0.258. The summed E-state index contributed by atoms with van der Waals surface area (Å²) in [7, 11) is 1.66. The molecule has 0 bridgehead atoms. The Balaban J connectivity index is 1.52. The summed E-state index contributed by atoms with van der Waals surface area (Å²) in [5.74, 6) is 0.0550. The molecule has 26 heavy (non-hydrogen) atoms. The van der Waals surface area contributed by atoms with Gasteiger partial charge >= 0.3 is 0 Å². The zero-order valence-electron chi connectivity index (χ0n) is 14.3.